The number of H-pyrrole nitrogens is 1. The van der Waals surface area contributed by atoms with E-state index in [1.165, 1.54) is 0 Å². The molecule has 28 heavy (non-hydrogen) atoms. The summed E-state index contributed by atoms with van der Waals surface area (Å²) in [4.78, 5) is 19.8. The Morgan fingerprint density at radius 3 is 2.93 bits per heavy atom. The predicted octanol–water partition coefficient (Wildman–Crippen LogP) is 3.24. The van der Waals surface area contributed by atoms with E-state index in [0.717, 1.165) is 53.3 Å². The fourth-order valence-electron chi connectivity index (χ4n) is 3.99. The fraction of sp³-hybridized carbons (Fsp3) is 0.450. The fourth-order valence-corrected chi connectivity index (χ4v) is 5.12. The van der Waals surface area contributed by atoms with Gasteiger partial charge in [-0.2, -0.15) is 0 Å². The number of hydrogen-bond acceptors (Lipinski definition) is 6. The van der Waals surface area contributed by atoms with Gasteiger partial charge in [0, 0.05) is 36.0 Å². The summed E-state index contributed by atoms with van der Waals surface area (Å²) in [6.45, 7) is 4.39. The summed E-state index contributed by atoms with van der Waals surface area (Å²) in [6.07, 6.45) is 7.75. The number of rotatable bonds is 4. The molecule has 0 amide bonds. The second kappa shape index (κ2) is 6.63. The Bertz CT molecular complexity index is 1060. The van der Waals surface area contributed by atoms with E-state index in [-0.39, 0.29) is 10.8 Å². The molecular weight excluding hydrogens is 372 g/mol. The molecule has 0 spiro atoms. The number of nitrogens with one attached hydrogen (secondary N) is 2. The Balaban J connectivity index is 1.69. The Hall–Kier alpha value is -2.32. The number of aromatic nitrogens is 4. The van der Waals surface area contributed by atoms with Gasteiger partial charge >= 0.3 is 0 Å². The van der Waals surface area contributed by atoms with Gasteiger partial charge in [0.25, 0.3) is 0 Å². The molecule has 1 saturated heterocycles. The lowest BCUT2D eigenvalue weighted by Crippen LogP contribution is -2.44. The van der Waals surface area contributed by atoms with E-state index in [9.17, 15) is 0 Å². The second-order valence-electron chi connectivity index (χ2n) is 7.66. The molecular formula is C20H24N6OS. The van der Waals surface area contributed by atoms with Gasteiger partial charge in [-0.05, 0) is 38.2 Å². The van der Waals surface area contributed by atoms with Gasteiger partial charge in [0.2, 0.25) is 0 Å². The van der Waals surface area contributed by atoms with E-state index < -0.39 is 10.7 Å². The number of ether oxygens (including phenoxy) is 1. The minimum atomic E-state index is -0.474. The third-order valence-electron chi connectivity index (χ3n) is 5.83. The van der Waals surface area contributed by atoms with Crippen molar-refractivity contribution in [3.8, 4) is 11.4 Å². The number of hydrogen-bond donors (Lipinski definition) is 2. The second-order valence-corrected chi connectivity index (χ2v) is 9.46. The molecule has 0 bridgehead atoms. The molecule has 0 radical (unpaired) electrons. The van der Waals surface area contributed by atoms with Gasteiger partial charge in [-0.1, -0.05) is 10.7 Å². The molecule has 2 unspecified atom stereocenters. The van der Waals surface area contributed by atoms with Crippen LogP contribution in [-0.4, -0.2) is 52.0 Å². The molecule has 7 nitrogen and oxygen atoms in total. The summed E-state index contributed by atoms with van der Waals surface area (Å²) in [7, 11) is -0.474. The van der Waals surface area contributed by atoms with Crippen molar-refractivity contribution in [2.24, 2.45) is 0 Å². The van der Waals surface area contributed by atoms with Crippen molar-refractivity contribution in [2.75, 3.05) is 30.9 Å². The quantitative estimate of drug-likeness (QED) is 0.706. The molecule has 8 heteroatoms. The molecule has 0 aromatic carbocycles. The monoisotopic (exact) mass is 396 g/mol. The molecule has 1 saturated carbocycles. The van der Waals surface area contributed by atoms with Crippen LogP contribution in [0.1, 0.15) is 25.5 Å². The molecule has 1 aliphatic carbocycles. The molecule has 1 aliphatic heterocycles. The summed E-state index contributed by atoms with van der Waals surface area (Å²) >= 11 is 0. The van der Waals surface area contributed by atoms with Crippen LogP contribution in [0, 0.1) is 4.78 Å². The van der Waals surface area contributed by atoms with E-state index >= 15 is 0 Å². The largest absolute Gasteiger partial charge is 0.377 e. The molecule has 2 fully saturated rings. The first-order valence-corrected chi connectivity index (χ1v) is 11.3. The number of anilines is 1. The maximum atomic E-state index is 8.44. The van der Waals surface area contributed by atoms with Crippen LogP contribution in [-0.2, 0) is 20.2 Å². The SMILES string of the molecule is CC1COCCN1c1cc(C2(S(C)=N)CC2)nc(-c2ccnc3[nH]ccc23)n1. The van der Waals surface area contributed by atoms with E-state index in [0.29, 0.717) is 13.2 Å². The molecule has 146 valence electrons. The first-order chi connectivity index (χ1) is 13.6. The Morgan fingerprint density at radius 2 is 2.18 bits per heavy atom. The molecule has 2 N–H and O–H groups in total. The third kappa shape index (κ3) is 2.82. The lowest BCUT2D eigenvalue weighted by molar-refractivity contribution is 0.0985. The van der Waals surface area contributed by atoms with Crippen molar-refractivity contribution in [3.63, 3.8) is 0 Å². The maximum absolute atomic E-state index is 8.44. The summed E-state index contributed by atoms with van der Waals surface area (Å²) in [5, 5.41) is 1.02. The molecule has 5 rings (SSSR count). The normalized spacial score (nSPS) is 22.4. The summed E-state index contributed by atoms with van der Waals surface area (Å²) in [5.74, 6) is 1.66. The van der Waals surface area contributed by atoms with Crippen molar-refractivity contribution < 1.29 is 4.74 Å². The van der Waals surface area contributed by atoms with E-state index in [2.05, 4.69) is 27.9 Å². The van der Waals surface area contributed by atoms with Gasteiger partial charge in [-0.15, -0.1) is 0 Å². The average Bonchev–Trinajstić information content (AvgIpc) is 3.39. The van der Waals surface area contributed by atoms with Crippen LogP contribution in [0.15, 0.2) is 30.6 Å². The molecule has 2 atom stereocenters. The van der Waals surface area contributed by atoms with E-state index in [1.807, 2.05) is 24.6 Å². The van der Waals surface area contributed by atoms with Crippen LogP contribution in [0.5, 0.6) is 0 Å². The van der Waals surface area contributed by atoms with Gasteiger partial charge in [0.05, 0.1) is 29.7 Å². The van der Waals surface area contributed by atoms with Gasteiger partial charge in [0.15, 0.2) is 5.82 Å². The maximum Gasteiger partial charge on any atom is 0.162 e. The van der Waals surface area contributed by atoms with Crippen LogP contribution in [0.2, 0.25) is 0 Å². The number of morpholine rings is 1. The highest BCUT2D eigenvalue weighted by atomic mass is 32.2. The summed E-state index contributed by atoms with van der Waals surface area (Å²) < 4.78 is 13.9. The van der Waals surface area contributed by atoms with Crippen molar-refractivity contribution in [2.45, 2.75) is 30.6 Å². The topological polar surface area (TPSA) is 90.8 Å². The standard InChI is InChI=1S/C20H24N6OS/c1-13-12-27-10-9-26(13)17-11-16(20(5-6-20)28(2)21)24-19(25-17)15-4-8-23-18-14(15)3-7-22-18/h3-4,7-8,11,13,21H,5-6,9-10,12H2,1-2H3,(H,22,23). The first-order valence-electron chi connectivity index (χ1n) is 9.62. The Labute approximate surface area is 166 Å². The van der Waals surface area contributed by atoms with Crippen LogP contribution in [0.25, 0.3) is 22.4 Å². The number of aromatic amines is 1. The zero-order valence-electron chi connectivity index (χ0n) is 16.1. The first kappa shape index (κ1) is 17.8. The van der Waals surface area contributed by atoms with Crippen molar-refractivity contribution in [1.82, 2.24) is 19.9 Å². The lowest BCUT2D eigenvalue weighted by atomic mass is 10.1. The summed E-state index contributed by atoms with van der Waals surface area (Å²) in [5.41, 5.74) is 2.82. The van der Waals surface area contributed by atoms with Crippen LogP contribution >= 0.6 is 0 Å². The van der Waals surface area contributed by atoms with Gasteiger partial charge in [0.1, 0.15) is 11.5 Å². The van der Waals surface area contributed by atoms with Crippen molar-refractivity contribution in [3.05, 3.63) is 36.3 Å². The zero-order valence-corrected chi connectivity index (χ0v) is 16.9. The van der Waals surface area contributed by atoms with Crippen molar-refractivity contribution >= 4 is 27.5 Å². The zero-order chi connectivity index (χ0) is 19.3. The Morgan fingerprint density at radius 1 is 1.32 bits per heavy atom. The van der Waals surface area contributed by atoms with E-state index in [4.69, 9.17) is 19.5 Å². The highest BCUT2D eigenvalue weighted by Crippen LogP contribution is 2.51. The van der Waals surface area contributed by atoms with Gasteiger partial charge in [-0.3, -0.25) is 4.78 Å². The minimum absolute atomic E-state index is 0.119. The van der Waals surface area contributed by atoms with Gasteiger partial charge < -0.3 is 14.6 Å². The number of fused-ring (bicyclic) bond motifs is 1. The highest BCUT2D eigenvalue weighted by Gasteiger charge is 2.48. The Kier molecular flexibility index (Phi) is 4.21. The average molecular weight is 397 g/mol. The molecule has 3 aromatic heterocycles. The molecule has 4 heterocycles. The summed E-state index contributed by atoms with van der Waals surface area (Å²) in [6, 6.07) is 6.38. The van der Waals surface area contributed by atoms with E-state index in [1.54, 1.807) is 6.20 Å². The molecule has 2 aliphatic rings. The minimum Gasteiger partial charge on any atom is -0.377 e. The highest BCUT2D eigenvalue weighted by molar-refractivity contribution is 7.86. The van der Waals surface area contributed by atoms with Crippen LogP contribution in [0.4, 0.5) is 5.82 Å². The molecule has 3 aromatic rings. The lowest BCUT2D eigenvalue weighted by Gasteiger charge is -2.34. The van der Waals surface area contributed by atoms with Crippen LogP contribution in [0.3, 0.4) is 0 Å². The van der Waals surface area contributed by atoms with Crippen LogP contribution < -0.4 is 4.90 Å². The smallest absolute Gasteiger partial charge is 0.162 e. The van der Waals surface area contributed by atoms with Gasteiger partial charge in [-0.25, -0.2) is 15.0 Å². The van der Waals surface area contributed by atoms with Crippen molar-refractivity contribution in [1.29, 1.82) is 4.78 Å². The number of nitrogens with zero attached hydrogens (tertiary/aromatic N) is 4. The number of pyridine rings is 1. The third-order valence-corrected chi connectivity index (χ3v) is 7.62. The predicted molar refractivity (Wildman–Crippen MR) is 112 cm³/mol.